The van der Waals surface area contributed by atoms with Crippen molar-refractivity contribution in [1.82, 2.24) is 4.31 Å². The number of hydrogen-bond donors (Lipinski definition) is 1. The lowest BCUT2D eigenvalue weighted by atomic mass is 10.2. The van der Waals surface area contributed by atoms with E-state index in [1.807, 2.05) is 0 Å². The minimum atomic E-state index is -4.82. The number of likely N-dealkylation sites (N-methyl/N-ethyl adjacent to an activating group) is 1. The van der Waals surface area contributed by atoms with Crippen LogP contribution in [0.3, 0.4) is 0 Å². The van der Waals surface area contributed by atoms with E-state index in [0.717, 1.165) is 16.4 Å². The molecule has 11 heteroatoms. The predicted octanol–water partition coefficient (Wildman–Crippen LogP) is 4.02. The first-order valence-electron chi connectivity index (χ1n) is 8.29. The molecule has 0 spiro atoms. The number of carbonyl (C=O) groups excluding carboxylic acids is 1. The van der Waals surface area contributed by atoms with E-state index in [-0.39, 0.29) is 6.54 Å². The van der Waals surface area contributed by atoms with Gasteiger partial charge >= 0.3 is 6.18 Å². The Hall–Kier alpha value is -2.30. The lowest BCUT2D eigenvalue weighted by Crippen LogP contribution is -2.38. The molecule has 29 heavy (non-hydrogen) atoms. The number of hydrogen-bond acceptors (Lipinski definition) is 4. The molecule has 1 amide bonds. The van der Waals surface area contributed by atoms with Crippen molar-refractivity contribution in [3.05, 3.63) is 53.1 Å². The standard InChI is InChI=1S/C18H18ClF3N2O4S/c1-3-24(11-17(25)23-12-5-4-6-13(9-12)28-2)29(26,27)14-7-8-16(19)15(10-14)18(20,21)22/h4-10H,3,11H2,1-2H3,(H,23,25). The fourth-order valence-electron chi connectivity index (χ4n) is 2.46. The third-order valence-electron chi connectivity index (χ3n) is 3.91. The second-order valence-electron chi connectivity index (χ2n) is 5.85. The summed E-state index contributed by atoms with van der Waals surface area (Å²) in [6, 6.07) is 8.71. The zero-order valence-corrected chi connectivity index (χ0v) is 17.0. The van der Waals surface area contributed by atoms with E-state index in [2.05, 4.69) is 5.32 Å². The Morgan fingerprint density at radius 2 is 1.90 bits per heavy atom. The van der Waals surface area contributed by atoms with Crippen molar-refractivity contribution in [2.24, 2.45) is 0 Å². The van der Waals surface area contributed by atoms with Crippen LogP contribution in [0.25, 0.3) is 0 Å². The molecule has 2 aromatic rings. The molecule has 0 aliphatic heterocycles. The van der Waals surface area contributed by atoms with Crippen LogP contribution in [0.5, 0.6) is 5.75 Å². The van der Waals surface area contributed by atoms with E-state index in [9.17, 15) is 26.4 Å². The average Bonchev–Trinajstić information content (AvgIpc) is 2.65. The molecule has 0 fully saturated rings. The molecule has 0 radical (unpaired) electrons. The summed E-state index contributed by atoms with van der Waals surface area (Å²) in [7, 11) is -2.91. The van der Waals surface area contributed by atoms with Crippen LogP contribution in [-0.4, -0.2) is 38.8 Å². The van der Waals surface area contributed by atoms with E-state index in [1.165, 1.54) is 20.1 Å². The van der Waals surface area contributed by atoms with Crippen LogP contribution >= 0.6 is 11.6 Å². The van der Waals surface area contributed by atoms with E-state index >= 15 is 0 Å². The van der Waals surface area contributed by atoms with Crippen LogP contribution in [-0.2, 0) is 21.0 Å². The number of nitrogens with zero attached hydrogens (tertiary/aromatic N) is 1. The fourth-order valence-corrected chi connectivity index (χ4v) is 4.12. The molecule has 1 N–H and O–H groups in total. The van der Waals surface area contributed by atoms with Gasteiger partial charge in [-0.25, -0.2) is 8.42 Å². The molecular formula is C18H18ClF3N2O4S. The summed E-state index contributed by atoms with van der Waals surface area (Å²) in [6.45, 7) is 0.759. The highest BCUT2D eigenvalue weighted by Crippen LogP contribution is 2.36. The normalized spacial score (nSPS) is 12.1. The van der Waals surface area contributed by atoms with Gasteiger partial charge in [-0.15, -0.1) is 0 Å². The molecule has 0 aliphatic rings. The minimum absolute atomic E-state index is 0.127. The number of rotatable bonds is 7. The summed E-state index contributed by atoms with van der Waals surface area (Å²) >= 11 is 5.54. The molecular weight excluding hydrogens is 433 g/mol. The molecule has 0 aromatic heterocycles. The van der Waals surface area contributed by atoms with E-state index in [4.69, 9.17) is 16.3 Å². The maximum absolute atomic E-state index is 13.0. The Labute approximate surface area is 171 Å². The summed E-state index contributed by atoms with van der Waals surface area (Å²) < 4.78 is 70.5. The van der Waals surface area contributed by atoms with Crippen molar-refractivity contribution in [1.29, 1.82) is 0 Å². The zero-order valence-electron chi connectivity index (χ0n) is 15.5. The number of benzene rings is 2. The Balaban J connectivity index is 2.25. The van der Waals surface area contributed by atoms with Crippen LogP contribution in [0.15, 0.2) is 47.4 Å². The van der Waals surface area contributed by atoms with Crippen molar-refractivity contribution in [3.63, 3.8) is 0 Å². The Kier molecular flexibility index (Phi) is 7.15. The Morgan fingerprint density at radius 3 is 2.48 bits per heavy atom. The van der Waals surface area contributed by atoms with Crippen molar-refractivity contribution < 1.29 is 31.1 Å². The molecule has 158 valence electrons. The highest BCUT2D eigenvalue weighted by Gasteiger charge is 2.35. The number of methoxy groups -OCH3 is 1. The molecule has 0 aliphatic carbocycles. The first kappa shape index (κ1) is 23.0. The minimum Gasteiger partial charge on any atom is -0.497 e. The first-order valence-corrected chi connectivity index (χ1v) is 10.1. The van der Waals surface area contributed by atoms with Crippen molar-refractivity contribution in [2.75, 3.05) is 25.5 Å². The highest BCUT2D eigenvalue weighted by molar-refractivity contribution is 7.89. The van der Waals surface area contributed by atoms with Crippen LogP contribution in [0.2, 0.25) is 5.02 Å². The number of carbonyl (C=O) groups is 1. The van der Waals surface area contributed by atoms with Crippen LogP contribution in [0, 0.1) is 0 Å². The van der Waals surface area contributed by atoms with Gasteiger partial charge in [-0.3, -0.25) is 4.79 Å². The van der Waals surface area contributed by atoms with Gasteiger partial charge in [-0.2, -0.15) is 17.5 Å². The van der Waals surface area contributed by atoms with Gasteiger partial charge in [0.1, 0.15) is 5.75 Å². The summed E-state index contributed by atoms with van der Waals surface area (Å²) in [4.78, 5) is 11.7. The van der Waals surface area contributed by atoms with E-state index in [0.29, 0.717) is 17.5 Å². The zero-order chi connectivity index (χ0) is 21.8. The van der Waals surface area contributed by atoms with Gasteiger partial charge in [0.15, 0.2) is 0 Å². The lowest BCUT2D eigenvalue weighted by molar-refractivity contribution is -0.137. The van der Waals surface area contributed by atoms with Gasteiger partial charge in [0.2, 0.25) is 15.9 Å². The molecule has 6 nitrogen and oxygen atoms in total. The molecule has 2 rings (SSSR count). The number of anilines is 1. The molecule has 2 aromatic carbocycles. The van der Waals surface area contributed by atoms with Crippen LogP contribution < -0.4 is 10.1 Å². The molecule has 0 bridgehead atoms. The maximum atomic E-state index is 13.0. The topological polar surface area (TPSA) is 75.7 Å². The van der Waals surface area contributed by atoms with Gasteiger partial charge in [-0.05, 0) is 30.3 Å². The third kappa shape index (κ3) is 5.62. The number of ether oxygens (including phenoxy) is 1. The van der Waals surface area contributed by atoms with Gasteiger partial charge in [0.25, 0.3) is 0 Å². The highest BCUT2D eigenvalue weighted by atomic mass is 35.5. The summed E-state index contributed by atoms with van der Waals surface area (Å²) in [5.74, 6) is -0.169. The molecule has 0 saturated heterocycles. The largest absolute Gasteiger partial charge is 0.497 e. The smallest absolute Gasteiger partial charge is 0.417 e. The average molecular weight is 451 g/mol. The SMILES string of the molecule is CCN(CC(=O)Nc1cccc(OC)c1)S(=O)(=O)c1ccc(Cl)c(C(F)(F)F)c1. The van der Waals surface area contributed by atoms with Crippen molar-refractivity contribution in [3.8, 4) is 5.75 Å². The number of amides is 1. The van der Waals surface area contributed by atoms with E-state index in [1.54, 1.807) is 18.2 Å². The second-order valence-corrected chi connectivity index (χ2v) is 8.20. The fraction of sp³-hybridized carbons (Fsp3) is 0.278. The molecule has 0 heterocycles. The van der Waals surface area contributed by atoms with Crippen LogP contribution in [0.4, 0.5) is 18.9 Å². The number of nitrogens with one attached hydrogen (secondary N) is 1. The number of alkyl halides is 3. The summed E-state index contributed by atoms with van der Waals surface area (Å²) in [5, 5.41) is 1.91. The van der Waals surface area contributed by atoms with Gasteiger partial charge in [0, 0.05) is 18.3 Å². The monoisotopic (exact) mass is 450 g/mol. The second kappa shape index (κ2) is 9.02. The Morgan fingerprint density at radius 1 is 1.21 bits per heavy atom. The predicted molar refractivity (Wildman–Crippen MR) is 103 cm³/mol. The lowest BCUT2D eigenvalue weighted by Gasteiger charge is -2.21. The van der Waals surface area contributed by atoms with Crippen LogP contribution in [0.1, 0.15) is 12.5 Å². The van der Waals surface area contributed by atoms with Crippen molar-refractivity contribution >= 4 is 33.2 Å². The molecule has 0 unspecified atom stereocenters. The van der Waals surface area contributed by atoms with E-state index < -0.39 is 44.1 Å². The van der Waals surface area contributed by atoms with Gasteiger partial charge in [0.05, 0.1) is 29.1 Å². The quantitative estimate of drug-likeness (QED) is 0.691. The van der Waals surface area contributed by atoms with Crippen molar-refractivity contribution in [2.45, 2.75) is 18.0 Å². The Bertz CT molecular complexity index is 997. The van der Waals surface area contributed by atoms with Gasteiger partial charge in [-0.1, -0.05) is 24.6 Å². The molecule has 0 saturated carbocycles. The third-order valence-corrected chi connectivity index (χ3v) is 6.15. The number of halogens is 4. The summed E-state index contributed by atoms with van der Waals surface area (Å²) in [5.41, 5.74) is -0.884. The maximum Gasteiger partial charge on any atom is 0.417 e. The first-order chi connectivity index (χ1) is 13.5. The van der Waals surface area contributed by atoms with Gasteiger partial charge < -0.3 is 10.1 Å². The molecule has 0 atom stereocenters. The summed E-state index contributed by atoms with van der Waals surface area (Å²) in [6.07, 6.45) is -4.82. The number of sulfonamides is 1.